The highest BCUT2D eigenvalue weighted by Crippen LogP contribution is 2.07. The lowest BCUT2D eigenvalue weighted by molar-refractivity contribution is -0.132. The third kappa shape index (κ3) is 9.35. The number of ether oxygens (including phenoxy) is 1. The molecular formula is C20H31BN4O7. The zero-order valence-corrected chi connectivity index (χ0v) is 18.6. The Bertz CT molecular complexity index is 776. The Kier molecular flexibility index (Phi) is 11.2. The van der Waals surface area contributed by atoms with Crippen LogP contribution in [0.5, 0.6) is 0 Å². The van der Waals surface area contributed by atoms with Gasteiger partial charge >= 0.3 is 13.2 Å². The van der Waals surface area contributed by atoms with E-state index in [0.717, 1.165) is 5.56 Å². The van der Waals surface area contributed by atoms with Crippen LogP contribution < -0.4 is 21.3 Å². The number of carbonyl (C=O) groups is 4. The fourth-order valence-electron chi connectivity index (χ4n) is 2.77. The third-order valence-electron chi connectivity index (χ3n) is 4.53. The number of amides is 4. The minimum atomic E-state index is -1.72. The first-order valence-electron chi connectivity index (χ1n) is 10.2. The van der Waals surface area contributed by atoms with Crippen molar-refractivity contribution in [3.63, 3.8) is 0 Å². The minimum Gasteiger partial charge on any atom is -0.453 e. The molecule has 0 spiro atoms. The molecule has 4 amide bonds. The molecule has 0 aromatic heterocycles. The van der Waals surface area contributed by atoms with Crippen molar-refractivity contribution < 1.29 is 34.0 Å². The summed E-state index contributed by atoms with van der Waals surface area (Å²) in [5.74, 6) is -2.11. The summed E-state index contributed by atoms with van der Waals surface area (Å²) in [6.07, 6.45) is -1.02. The van der Waals surface area contributed by atoms with Gasteiger partial charge in [0.1, 0.15) is 18.1 Å². The Morgan fingerprint density at radius 3 is 2.09 bits per heavy atom. The maximum Gasteiger partial charge on any atom is 0.472 e. The van der Waals surface area contributed by atoms with Gasteiger partial charge in [0.15, 0.2) is 0 Å². The van der Waals surface area contributed by atoms with Crippen LogP contribution >= 0.6 is 0 Å². The van der Waals surface area contributed by atoms with E-state index in [2.05, 4.69) is 26.0 Å². The summed E-state index contributed by atoms with van der Waals surface area (Å²) >= 11 is 0. The van der Waals surface area contributed by atoms with E-state index in [1.807, 2.05) is 6.07 Å². The van der Waals surface area contributed by atoms with Crippen LogP contribution in [-0.4, -0.2) is 72.7 Å². The molecule has 0 saturated carbocycles. The molecule has 1 aromatic rings. The number of nitrogens with one attached hydrogen (secondary N) is 4. The van der Waals surface area contributed by atoms with Gasteiger partial charge in [0.25, 0.3) is 0 Å². The number of carbonyl (C=O) groups excluding carboxylic acids is 4. The van der Waals surface area contributed by atoms with Crippen LogP contribution in [0.2, 0.25) is 0 Å². The van der Waals surface area contributed by atoms with Gasteiger partial charge in [0.2, 0.25) is 17.7 Å². The van der Waals surface area contributed by atoms with Gasteiger partial charge in [-0.3, -0.25) is 14.4 Å². The van der Waals surface area contributed by atoms with Crippen molar-refractivity contribution in [3.8, 4) is 0 Å². The molecule has 0 bridgehead atoms. The molecule has 0 saturated heterocycles. The van der Waals surface area contributed by atoms with Crippen LogP contribution in [-0.2, 0) is 25.5 Å². The standard InChI is InChI=1S/C20H31BN4O7/c1-12(2)16(25-20(29)32-4)19(28)24-15(10-14-8-6-5-7-9-14)18(27)23-13(3)17(26)22-11-21(30)31/h5-9,12-13,15-16,30-31H,10-11H2,1-4H3,(H,22,26)(H,23,27)(H,24,28)(H,25,29)/t13-,15-,16-/m0/s1. The summed E-state index contributed by atoms with van der Waals surface area (Å²) in [5.41, 5.74) is 0.774. The summed E-state index contributed by atoms with van der Waals surface area (Å²) in [4.78, 5) is 49.4. The Balaban J connectivity index is 2.96. The zero-order chi connectivity index (χ0) is 24.3. The number of rotatable bonds is 11. The molecule has 0 unspecified atom stereocenters. The summed E-state index contributed by atoms with van der Waals surface area (Å²) in [6, 6.07) is 6.00. The normalized spacial score (nSPS) is 13.3. The van der Waals surface area contributed by atoms with Gasteiger partial charge in [-0.05, 0) is 18.4 Å². The van der Waals surface area contributed by atoms with Crippen LogP contribution in [0.15, 0.2) is 30.3 Å². The lowest BCUT2D eigenvalue weighted by Crippen LogP contribution is -2.58. The summed E-state index contributed by atoms with van der Waals surface area (Å²) in [7, 11) is -0.541. The van der Waals surface area contributed by atoms with Crippen molar-refractivity contribution in [2.24, 2.45) is 5.92 Å². The molecule has 6 N–H and O–H groups in total. The highest BCUT2D eigenvalue weighted by atomic mass is 16.5. The molecule has 11 nitrogen and oxygen atoms in total. The molecule has 1 rings (SSSR count). The van der Waals surface area contributed by atoms with Gasteiger partial charge in [-0.2, -0.15) is 0 Å². The molecular weight excluding hydrogens is 419 g/mol. The largest absolute Gasteiger partial charge is 0.472 e. The number of hydrogen-bond donors (Lipinski definition) is 6. The van der Waals surface area contributed by atoms with Gasteiger partial charge in [-0.25, -0.2) is 4.79 Å². The van der Waals surface area contributed by atoms with Crippen molar-refractivity contribution in [3.05, 3.63) is 35.9 Å². The van der Waals surface area contributed by atoms with Crippen LogP contribution in [0.1, 0.15) is 26.3 Å². The van der Waals surface area contributed by atoms with Crippen molar-refractivity contribution in [2.75, 3.05) is 13.6 Å². The minimum absolute atomic E-state index is 0.144. The molecule has 1 aromatic carbocycles. The Morgan fingerprint density at radius 1 is 0.938 bits per heavy atom. The molecule has 12 heteroatoms. The Morgan fingerprint density at radius 2 is 1.56 bits per heavy atom. The van der Waals surface area contributed by atoms with E-state index in [1.54, 1.807) is 38.1 Å². The number of alkyl carbamates (subject to hydrolysis) is 1. The third-order valence-corrected chi connectivity index (χ3v) is 4.53. The molecule has 0 heterocycles. The lowest BCUT2D eigenvalue weighted by atomic mass is 9.92. The maximum atomic E-state index is 12.9. The van der Waals surface area contributed by atoms with Crippen LogP contribution in [0.3, 0.4) is 0 Å². The molecule has 0 fully saturated rings. The fraction of sp³-hybridized carbons (Fsp3) is 0.500. The van der Waals surface area contributed by atoms with Crippen molar-refractivity contribution in [1.29, 1.82) is 0 Å². The van der Waals surface area contributed by atoms with E-state index < -0.39 is 55.5 Å². The molecule has 0 radical (unpaired) electrons. The van der Waals surface area contributed by atoms with E-state index in [4.69, 9.17) is 10.0 Å². The highest BCUT2D eigenvalue weighted by Gasteiger charge is 2.30. The molecule has 0 aliphatic rings. The first-order valence-corrected chi connectivity index (χ1v) is 10.2. The monoisotopic (exact) mass is 450 g/mol. The zero-order valence-electron chi connectivity index (χ0n) is 18.6. The van der Waals surface area contributed by atoms with Crippen LogP contribution in [0, 0.1) is 5.92 Å². The van der Waals surface area contributed by atoms with Gasteiger partial charge in [-0.15, -0.1) is 0 Å². The molecule has 32 heavy (non-hydrogen) atoms. The van der Waals surface area contributed by atoms with Crippen molar-refractivity contribution >= 4 is 30.9 Å². The second kappa shape index (κ2) is 13.3. The van der Waals surface area contributed by atoms with Crippen LogP contribution in [0.25, 0.3) is 0 Å². The summed E-state index contributed by atoms with van der Waals surface area (Å²) in [6.45, 7) is 4.89. The SMILES string of the molecule is COC(=O)N[C@H](C(=O)N[C@@H](Cc1ccccc1)C(=O)N[C@@H](C)C(=O)NCB(O)O)C(C)C. The highest BCUT2D eigenvalue weighted by molar-refractivity contribution is 6.41. The van der Waals surface area contributed by atoms with E-state index >= 15 is 0 Å². The maximum absolute atomic E-state index is 12.9. The average Bonchev–Trinajstić information content (AvgIpc) is 2.75. The molecule has 3 atom stereocenters. The van der Waals surface area contributed by atoms with Gasteiger partial charge in [0.05, 0.1) is 13.6 Å². The van der Waals surface area contributed by atoms with E-state index in [9.17, 15) is 19.2 Å². The number of benzene rings is 1. The fourth-order valence-corrected chi connectivity index (χ4v) is 2.77. The van der Waals surface area contributed by atoms with Crippen LogP contribution in [0.4, 0.5) is 4.79 Å². The first-order chi connectivity index (χ1) is 15.0. The average molecular weight is 450 g/mol. The van der Waals surface area contributed by atoms with Gasteiger partial charge in [0, 0.05) is 6.42 Å². The second-order valence-electron chi connectivity index (χ2n) is 7.56. The predicted octanol–water partition coefficient (Wildman–Crippen LogP) is -1.27. The summed E-state index contributed by atoms with van der Waals surface area (Å²) in [5, 5.41) is 27.6. The topological polar surface area (TPSA) is 166 Å². The Hall–Kier alpha value is -3.12. The predicted molar refractivity (Wildman–Crippen MR) is 117 cm³/mol. The van der Waals surface area contributed by atoms with Gasteiger partial charge in [-0.1, -0.05) is 44.2 Å². The smallest absolute Gasteiger partial charge is 0.453 e. The van der Waals surface area contributed by atoms with E-state index in [0.29, 0.717) is 0 Å². The van der Waals surface area contributed by atoms with E-state index in [-0.39, 0.29) is 12.3 Å². The summed E-state index contributed by atoms with van der Waals surface area (Å²) < 4.78 is 4.56. The second-order valence-corrected chi connectivity index (χ2v) is 7.56. The lowest BCUT2D eigenvalue weighted by Gasteiger charge is -2.26. The molecule has 176 valence electrons. The van der Waals surface area contributed by atoms with Crippen molar-refractivity contribution in [1.82, 2.24) is 21.3 Å². The van der Waals surface area contributed by atoms with Crippen molar-refractivity contribution in [2.45, 2.75) is 45.3 Å². The molecule has 0 aliphatic carbocycles. The number of hydrogen-bond acceptors (Lipinski definition) is 7. The molecule has 0 aliphatic heterocycles. The van der Waals surface area contributed by atoms with Gasteiger partial charge < -0.3 is 36.1 Å². The number of methoxy groups -OCH3 is 1. The first kappa shape index (κ1) is 26.9. The Labute approximate surface area is 187 Å². The van der Waals surface area contributed by atoms with E-state index in [1.165, 1.54) is 14.0 Å². The quantitative estimate of drug-likeness (QED) is 0.229.